The summed E-state index contributed by atoms with van der Waals surface area (Å²) >= 11 is 0. The summed E-state index contributed by atoms with van der Waals surface area (Å²) < 4.78 is 29.7. The lowest BCUT2D eigenvalue weighted by molar-refractivity contribution is 0.254. The number of rotatable bonds is 3. The van der Waals surface area contributed by atoms with Crippen molar-refractivity contribution < 1.29 is 8.42 Å². The van der Waals surface area contributed by atoms with Gasteiger partial charge in [-0.05, 0) is 51.0 Å². The maximum atomic E-state index is 13.1. The first-order valence-electron chi connectivity index (χ1n) is 8.73. The van der Waals surface area contributed by atoms with E-state index in [1.54, 1.807) is 8.61 Å². The van der Waals surface area contributed by atoms with Crippen LogP contribution >= 0.6 is 0 Å². The summed E-state index contributed by atoms with van der Waals surface area (Å²) in [5, 5.41) is 0. The number of hydrogen-bond donors (Lipinski definition) is 0. The fourth-order valence-electron chi connectivity index (χ4n) is 4.06. The van der Waals surface area contributed by atoms with E-state index >= 15 is 0 Å². The van der Waals surface area contributed by atoms with Crippen LogP contribution in [0.1, 0.15) is 55.3 Å². The molecule has 0 spiro atoms. The minimum Gasteiger partial charge on any atom is -0.195 e. The largest absolute Gasteiger partial charge is 0.282 e. The molecule has 0 N–H and O–H groups in total. The molecular weight excluding hydrogens is 308 g/mol. The van der Waals surface area contributed by atoms with Crippen LogP contribution in [0.3, 0.4) is 0 Å². The van der Waals surface area contributed by atoms with Crippen LogP contribution in [-0.2, 0) is 10.2 Å². The summed E-state index contributed by atoms with van der Waals surface area (Å²) in [4.78, 5) is 0. The van der Waals surface area contributed by atoms with Gasteiger partial charge in [-0.1, -0.05) is 36.2 Å². The molecule has 23 heavy (non-hydrogen) atoms. The van der Waals surface area contributed by atoms with Crippen LogP contribution in [-0.4, -0.2) is 36.7 Å². The molecule has 5 heteroatoms. The lowest BCUT2D eigenvalue weighted by Gasteiger charge is -2.35. The Hall–Kier alpha value is -0.910. The topological polar surface area (TPSA) is 40.6 Å². The molecule has 4 nitrogen and oxygen atoms in total. The van der Waals surface area contributed by atoms with Gasteiger partial charge in [-0.15, -0.1) is 0 Å². The van der Waals surface area contributed by atoms with Crippen LogP contribution in [0.25, 0.3) is 0 Å². The fraction of sp³-hybridized carbons (Fsp3) is 0.667. The monoisotopic (exact) mass is 336 g/mol. The molecule has 0 radical (unpaired) electrons. The molecular formula is C18H28N2O2S. The normalized spacial score (nSPS) is 27.4. The van der Waals surface area contributed by atoms with Gasteiger partial charge in [0.15, 0.2) is 0 Å². The van der Waals surface area contributed by atoms with Crippen molar-refractivity contribution in [2.75, 3.05) is 19.6 Å². The molecule has 0 aromatic heterocycles. The molecule has 1 aromatic carbocycles. The highest BCUT2D eigenvalue weighted by molar-refractivity contribution is 7.86. The molecule has 0 saturated carbocycles. The van der Waals surface area contributed by atoms with Crippen molar-refractivity contribution in [2.24, 2.45) is 5.92 Å². The van der Waals surface area contributed by atoms with Crippen molar-refractivity contribution in [3.05, 3.63) is 34.9 Å². The number of aryl methyl sites for hydroxylation is 2. The molecule has 2 unspecified atom stereocenters. The van der Waals surface area contributed by atoms with Crippen LogP contribution in [0.5, 0.6) is 0 Å². The van der Waals surface area contributed by atoms with Crippen LogP contribution in [0.15, 0.2) is 18.2 Å². The van der Waals surface area contributed by atoms with Gasteiger partial charge in [0.1, 0.15) is 0 Å². The molecule has 2 aliphatic heterocycles. The molecule has 0 aliphatic carbocycles. The van der Waals surface area contributed by atoms with Crippen molar-refractivity contribution in [2.45, 2.75) is 52.5 Å². The Morgan fingerprint density at radius 2 is 1.65 bits per heavy atom. The molecule has 2 fully saturated rings. The van der Waals surface area contributed by atoms with E-state index in [0.29, 0.717) is 25.6 Å². The summed E-state index contributed by atoms with van der Waals surface area (Å²) in [6, 6.07) is 6.42. The van der Waals surface area contributed by atoms with E-state index in [9.17, 15) is 8.42 Å². The Balaban J connectivity index is 1.88. The van der Waals surface area contributed by atoms with Gasteiger partial charge in [0, 0.05) is 19.6 Å². The Kier molecular flexibility index (Phi) is 4.81. The molecule has 1 aromatic rings. The Morgan fingerprint density at radius 1 is 1.00 bits per heavy atom. The number of nitrogens with zero attached hydrogens (tertiary/aromatic N) is 2. The summed E-state index contributed by atoms with van der Waals surface area (Å²) in [6.07, 6.45) is 3.97. The van der Waals surface area contributed by atoms with Gasteiger partial charge in [-0.25, -0.2) is 0 Å². The van der Waals surface area contributed by atoms with Gasteiger partial charge in [0.25, 0.3) is 10.2 Å². The quantitative estimate of drug-likeness (QED) is 0.848. The van der Waals surface area contributed by atoms with Crippen LogP contribution in [0.4, 0.5) is 0 Å². The fourth-order valence-corrected chi connectivity index (χ4v) is 6.06. The average Bonchev–Trinajstić information content (AvgIpc) is 2.96. The lowest BCUT2D eigenvalue weighted by atomic mass is 10.0. The average molecular weight is 337 g/mol. The van der Waals surface area contributed by atoms with E-state index in [-0.39, 0.29) is 6.04 Å². The van der Waals surface area contributed by atoms with Crippen LogP contribution in [0.2, 0.25) is 0 Å². The second-order valence-corrected chi connectivity index (χ2v) is 9.18. The molecule has 2 saturated heterocycles. The molecule has 128 valence electrons. The first-order chi connectivity index (χ1) is 10.9. The van der Waals surface area contributed by atoms with Gasteiger partial charge in [0.05, 0.1) is 6.04 Å². The first-order valence-corrected chi connectivity index (χ1v) is 10.1. The second-order valence-electron chi connectivity index (χ2n) is 7.30. The van der Waals surface area contributed by atoms with E-state index in [4.69, 9.17) is 0 Å². The third kappa shape index (κ3) is 3.47. The number of benzene rings is 1. The zero-order valence-corrected chi connectivity index (χ0v) is 15.3. The van der Waals surface area contributed by atoms with E-state index in [1.807, 2.05) is 0 Å². The zero-order chi connectivity index (χ0) is 16.6. The van der Waals surface area contributed by atoms with E-state index in [1.165, 1.54) is 11.1 Å². The molecule has 2 atom stereocenters. The van der Waals surface area contributed by atoms with Crippen molar-refractivity contribution in [1.82, 2.24) is 8.61 Å². The highest BCUT2D eigenvalue weighted by Gasteiger charge is 2.39. The Bertz CT molecular complexity index is 651. The Morgan fingerprint density at radius 3 is 2.30 bits per heavy atom. The maximum absolute atomic E-state index is 13.1. The van der Waals surface area contributed by atoms with Crippen molar-refractivity contribution in [3.8, 4) is 0 Å². The standard InChI is InChI=1S/C18H28N2O2S/c1-14-6-4-8-19(13-14)23(21,22)20-9-5-7-18(20)17-11-15(2)10-16(3)12-17/h10-12,14,18H,4-9,13H2,1-3H3. The number of piperidine rings is 1. The van der Waals surface area contributed by atoms with Crippen molar-refractivity contribution >= 4 is 10.2 Å². The van der Waals surface area contributed by atoms with Gasteiger partial charge in [-0.3, -0.25) is 0 Å². The van der Waals surface area contributed by atoms with Crippen LogP contribution in [0, 0.1) is 19.8 Å². The third-order valence-electron chi connectivity index (χ3n) is 5.07. The molecule has 2 heterocycles. The highest BCUT2D eigenvalue weighted by atomic mass is 32.2. The smallest absolute Gasteiger partial charge is 0.195 e. The van der Waals surface area contributed by atoms with E-state index in [2.05, 4.69) is 39.0 Å². The maximum Gasteiger partial charge on any atom is 0.282 e. The van der Waals surface area contributed by atoms with Gasteiger partial charge in [-0.2, -0.15) is 17.0 Å². The van der Waals surface area contributed by atoms with Crippen LogP contribution < -0.4 is 0 Å². The predicted octanol–water partition coefficient (Wildman–Crippen LogP) is 3.42. The zero-order valence-electron chi connectivity index (χ0n) is 14.5. The highest BCUT2D eigenvalue weighted by Crippen LogP contribution is 2.36. The minimum absolute atomic E-state index is 0.00386. The molecule has 0 amide bonds. The third-order valence-corrected chi connectivity index (χ3v) is 7.09. The van der Waals surface area contributed by atoms with E-state index in [0.717, 1.165) is 31.2 Å². The molecule has 0 bridgehead atoms. The number of hydrogen-bond acceptors (Lipinski definition) is 2. The summed E-state index contributed by atoms with van der Waals surface area (Å²) in [7, 11) is -3.35. The van der Waals surface area contributed by atoms with Crippen molar-refractivity contribution in [3.63, 3.8) is 0 Å². The van der Waals surface area contributed by atoms with Gasteiger partial charge >= 0.3 is 0 Å². The summed E-state index contributed by atoms with van der Waals surface area (Å²) in [5.41, 5.74) is 3.56. The van der Waals surface area contributed by atoms with Crippen molar-refractivity contribution in [1.29, 1.82) is 0 Å². The lowest BCUT2D eigenvalue weighted by Crippen LogP contribution is -2.47. The SMILES string of the molecule is Cc1cc(C)cc(C2CCCN2S(=O)(=O)N2CCCC(C)C2)c1. The predicted molar refractivity (Wildman–Crippen MR) is 93.5 cm³/mol. The second kappa shape index (κ2) is 6.54. The summed E-state index contributed by atoms with van der Waals surface area (Å²) in [6.45, 7) is 8.28. The summed E-state index contributed by atoms with van der Waals surface area (Å²) in [5.74, 6) is 0.459. The minimum atomic E-state index is -3.35. The molecule has 2 aliphatic rings. The Labute approximate surface area is 140 Å². The van der Waals surface area contributed by atoms with Gasteiger partial charge in [0.2, 0.25) is 0 Å². The van der Waals surface area contributed by atoms with E-state index < -0.39 is 10.2 Å². The molecule has 3 rings (SSSR count). The van der Waals surface area contributed by atoms with Gasteiger partial charge < -0.3 is 0 Å². The first kappa shape index (κ1) is 16.9.